The quantitative estimate of drug-likeness (QED) is 0.754. The molecule has 3 aromatic rings. The van der Waals surface area contributed by atoms with Gasteiger partial charge in [-0.05, 0) is 43.2 Å². The van der Waals surface area contributed by atoms with Gasteiger partial charge in [0.25, 0.3) is 0 Å². The zero-order valence-corrected chi connectivity index (χ0v) is 16.8. The van der Waals surface area contributed by atoms with E-state index in [0.29, 0.717) is 5.88 Å². The van der Waals surface area contributed by atoms with Gasteiger partial charge < -0.3 is 19.4 Å². The van der Waals surface area contributed by atoms with Gasteiger partial charge in [0.05, 0.1) is 36.9 Å². The summed E-state index contributed by atoms with van der Waals surface area (Å²) in [5.74, 6) is 1.38. The molecule has 3 heterocycles. The van der Waals surface area contributed by atoms with Crippen molar-refractivity contribution in [3.05, 3.63) is 35.5 Å². The standard InChI is InChI=1S/C19H22N4O2.C2H6/c1-12-4-5-20-19(24-3)16(12)18-21-15-11-14(10-13(2)17(15)22-18)23-6-8-25-9-7-23;1-2/h4-5,10-11H,6-9H2,1-3H3,(H,21,22);1-2H3. The van der Waals surface area contributed by atoms with Crippen molar-refractivity contribution in [2.24, 2.45) is 0 Å². The summed E-state index contributed by atoms with van der Waals surface area (Å²) in [7, 11) is 1.63. The molecule has 0 saturated carbocycles. The second-order valence-electron chi connectivity index (χ2n) is 6.36. The molecule has 6 nitrogen and oxygen atoms in total. The van der Waals surface area contributed by atoms with Crippen LogP contribution in [0.4, 0.5) is 5.69 Å². The van der Waals surface area contributed by atoms with Crippen LogP contribution < -0.4 is 9.64 Å². The number of ether oxygens (including phenoxy) is 2. The molecule has 0 spiro atoms. The first-order valence-corrected chi connectivity index (χ1v) is 9.50. The van der Waals surface area contributed by atoms with Crippen LogP contribution in [0.25, 0.3) is 22.4 Å². The van der Waals surface area contributed by atoms with Crippen molar-refractivity contribution < 1.29 is 9.47 Å². The summed E-state index contributed by atoms with van der Waals surface area (Å²) in [5.41, 5.74) is 6.37. The molecule has 27 heavy (non-hydrogen) atoms. The average molecular weight is 368 g/mol. The Labute approximate surface area is 160 Å². The maximum absolute atomic E-state index is 5.46. The van der Waals surface area contributed by atoms with Crippen LogP contribution in [0.2, 0.25) is 0 Å². The molecule has 6 heteroatoms. The van der Waals surface area contributed by atoms with Crippen LogP contribution in [0.5, 0.6) is 5.88 Å². The number of aryl methyl sites for hydroxylation is 2. The molecule has 0 radical (unpaired) electrons. The van der Waals surface area contributed by atoms with E-state index in [-0.39, 0.29) is 0 Å². The fraction of sp³-hybridized carbons (Fsp3) is 0.429. The monoisotopic (exact) mass is 368 g/mol. The normalized spacial score (nSPS) is 14.0. The maximum Gasteiger partial charge on any atom is 0.224 e. The molecule has 2 aromatic heterocycles. The molecule has 1 aliphatic heterocycles. The van der Waals surface area contributed by atoms with Crippen molar-refractivity contribution in [3.8, 4) is 17.3 Å². The summed E-state index contributed by atoms with van der Waals surface area (Å²) in [6, 6.07) is 6.34. The summed E-state index contributed by atoms with van der Waals surface area (Å²) in [5, 5.41) is 0. The molecular weight excluding hydrogens is 340 g/mol. The molecule has 0 unspecified atom stereocenters. The van der Waals surface area contributed by atoms with Gasteiger partial charge in [-0.1, -0.05) is 13.8 Å². The minimum Gasteiger partial charge on any atom is -0.480 e. The van der Waals surface area contributed by atoms with Gasteiger partial charge in [0.1, 0.15) is 5.82 Å². The lowest BCUT2D eigenvalue weighted by Crippen LogP contribution is -2.36. The SMILES string of the molecule is CC.COc1nccc(C)c1-c1nc2c(C)cc(N3CCOCC3)cc2[nH]1. The van der Waals surface area contributed by atoms with Gasteiger partial charge in [-0.25, -0.2) is 9.97 Å². The lowest BCUT2D eigenvalue weighted by molar-refractivity contribution is 0.122. The Morgan fingerprint density at radius 3 is 2.56 bits per heavy atom. The largest absolute Gasteiger partial charge is 0.480 e. The van der Waals surface area contributed by atoms with E-state index in [4.69, 9.17) is 14.5 Å². The number of fused-ring (bicyclic) bond motifs is 1. The first-order chi connectivity index (χ1) is 13.2. The zero-order chi connectivity index (χ0) is 19.4. The molecule has 1 aliphatic rings. The lowest BCUT2D eigenvalue weighted by atomic mass is 10.1. The van der Waals surface area contributed by atoms with E-state index >= 15 is 0 Å². The molecule has 144 valence electrons. The van der Waals surface area contributed by atoms with Crippen molar-refractivity contribution in [2.45, 2.75) is 27.7 Å². The maximum atomic E-state index is 5.46. The smallest absolute Gasteiger partial charge is 0.224 e. The number of rotatable bonds is 3. The number of imidazole rings is 1. The van der Waals surface area contributed by atoms with E-state index in [1.807, 2.05) is 26.8 Å². The summed E-state index contributed by atoms with van der Waals surface area (Å²) >= 11 is 0. The molecule has 4 rings (SSSR count). The summed E-state index contributed by atoms with van der Waals surface area (Å²) < 4.78 is 10.9. The minimum absolute atomic E-state index is 0.588. The predicted octanol–water partition coefficient (Wildman–Crippen LogP) is 4.11. The second kappa shape index (κ2) is 8.39. The number of hydrogen-bond donors (Lipinski definition) is 1. The number of hydrogen-bond acceptors (Lipinski definition) is 5. The Hall–Kier alpha value is -2.60. The number of pyridine rings is 1. The van der Waals surface area contributed by atoms with Gasteiger partial charge in [-0.3, -0.25) is 0 Å². The summed E-state index contributed by atoms with van der Waals surface area (Å²) in [6.45, 7) is 11.5. The van der Waals surface area contributed by atoms with Crippen molar-refractivity contribution in [1.82, 2.24) is 15.0 Å². The number of benzene rings is 1. The van der Waals surface area contributed by atoms with Crippen molar-refractivity contribution >= 4 is 16.7 Å². The molecule has 0 amide bonds. The van der Waals surface area contributed by atoms with Crippen LogP contribution in [0.15, 0.2) is 24.4 Å². The van der Waals surface area contributed by atoms with E-state index in [9.17, 15) is 0 Å². The Balaban J connectivity index is 0.00000102. The van der Waals surface area contributed by atoms with Gasteiger partial charge in [-0.2, -0.15) is 0 Å². The van der Waals surface area contributed by atoms with Gasteiger partial charge >= 0.3 is 0 Å². The Morgan fingerprint density at radius 2 is 1.85 bits per heavy atom. The van der Waals surface area contributed by atoms with Gasteiger partial charge in [0, 0.05) is 25.0 Å². The Bertz CT molecular complexity index is 914. The molecule has 1 aromatic carbocycles. The zero-order valence-electron chi connectivity index (χ0n) is 16.8. The number of anilines is 1. The fourth-order valence-corrected chi connectivity index (χ4v) is 3.37. The van der Waals surface area contributed by atoms with E-state index in [0.717, 1.165) is 59.9 Å². The number of morpholine rings is 1. The van der Waals surface area contributed by atoms with Crippen LogP contribution in [0.3, 0.4) is 0 Å². The highest BCUT2D eigenvalue weighted by atomic mass is 16.5. The highest BCUT2D eigenvalue weighted by Crippen LogP contribution is 2.33. The third-order valence-corrected chi connectivity index (χ3v) is 4.69. The summed E-state index contributed by atoms with van der Waals surface area (Å²) in [4.78, 5) is 14.9. The van der Waals surface area contributed by atoms with E-state index in [2.05, 4.69) is 33.9 Å². The van der Waals surface area contributed by atoms with Crippen molar-refractivity contribution in [3.63, 3.8) is 0 Å². The fourth-order valence-electron chi connectivity index (χ4n) is 3.37. The average Bonchev–Trinajstić information content (AvgIpc) is 3.14. The minimum atomic E-state index is 0.588. The first-order valence-electron chi connectivity index (χ1n) is 9.50. The highest BCUT2D eigenvalue weighted by molar-refractivity contribution is 5.86. The third kappa shape index (κ3) is 3.76. The van der Waals surface area contributed by atoms with Crippen LogP contribution in [-0.4, -0.2) is 48.4 Å². The van der Waals surface area contributed by atoms with Crippen LogP contribution in [0, 0.1) is 13.8 Å². The topological polar surface area (TPSA) is 63.3 Å². The number of H-pyrrole nitrogens is 1. The third-order valence-electron chi connectivity index (χ3n) is 4.69. The van der Waals surface area contributed by atoms with E-state index in [1.165, 1.54) is 5.69 Å². The molecule has 1 saturated heterocycles. The molecule has 1 N–H and O–H groups in total. The number of aromatic nitrogens is 3. The molecule has 0 bridgehead atoms. The predicted molar refractivity (Wildman–Crippen MR) is 110 cm³/mol. The van der Waals surface area contributed by atoms with Gasteiger partial charge in [-0.15, -0.1) is 0 Å². The number of aromatic amines is 1. The van der Waals surface area contributed by atoms with Crippen molar-refractivity contribution in [1.29, 1.82) is 0 Å². The summed E-state index contributed by atoms with van der Waals surface area (Å²) in [6.07, 6.45) is 1.75. The van der Waals surface area contributed by atoms with Gasteiger partial charge in [0.2, 0.25) is 5.88 Å². The van der Waals surface area contributed by atoms with Crippen LogP contribution in [0.1, 0.15) is 25.0 Å². The Morgan fingerprint density at radius 1 is 1.11 bits per heavy atom. The number of nitrogens with one attached hydrogen (secondary N) is 1. The number of methoxy groups -OCH3 is 1. The van der Waals surface area contributed by atoms with Crippen LogP contribution >= 0.6 is 0 Å². The number of nitrogens with zero attached hydrogens (tertiary/aromatic N) is 3. The van der Waals surface area contributed by atoms with E-state index in [1.54, 1.807) is 13.3 Å². The van der Waals surface area contributed by atoms with Gasteiger partial charge in [0.15, 0.2) is 0 Å². The van der Waals surface area contributed by atoms with Crippen LogP contribution in [-0.2, 0) is 4.74 Å². The van der Waals surface area contributed by atoms with Crippen molar-refractivity contribution in [2.75, 3.05) is 38.3 Å². The molecule has 0 atom stereocenters. The Kier molecular flexibility index (Phi) is 5.96. The molecule has 0 aliphatic carbocycles. The second-order valence-corrected chi connectivity index (χ2v) is 6.36. The first kappa shape index (κ1) is 19.2. The van der Waals surface area contributed by atoms with E-state index < -0.39 is 0 Å². The highest BCUT2D eigenvalue weighted by Gasteiger charge is 2.18. The lowest BCUT2D eigenvalue weighted by Gasteiger charge is -2.29. The molecular formula is C21H28N4O2. The molecule has 1 fully saturated rings.